The number of nitrogens with one attached hydrogen (secondary N) is 2. The van der Waals surface area contributed by atoms with E-state index in [9.17, 15) is 24.5 Å². The molecule has 38 heavy (non-hydrogen) atoms. The summed E-state index contributed by atoms with van der Waals surface area (Å²) in [5.74, 6) is -0.997. The van der Waals surface area contributed by atoms with Gasteiger partial charge in [0.05, 0.1) is 31.8 Å². The van der Waals surface area contributed by atoms with Crippen LogP contribution in [0.1, 0.15) is 26.3 Å². The number of carbonyl (C=O) groups is 3. The molecule has 0 aliphatic rings. The zero-order valence-corrected chi connectivity index (χ0v) is 20.5. The lowest BCUT2D eigenvalue weighted by atomic mass is 10.1. The van der Waals surface area contributed by atoms with Crippen LogP contribution in [0.4, 0.5) is 5.69 Å². The normalized spacial score (nSPS) is 10.4. The van der Waals surface area contributed by atoms with Crippen LogP contribution in [-0.4, -0.2) is 44.0 Å². The molecule has 0 spiro atoms. The van der Waals surface area contributed by atoms with Gasteiger partial charge >= 0.3 is 5.97 Å². The number of carbonyl (C=O) groups excluding carboxylic acids is 3. The van der Waals surface area contributed by atoms with Crippen LogP contribution in [0, 0.1) is 10.1 Å². The Labute approximate surface area is 216 Å². The molecule has 0 saturated carbocycles. The SMILES string of the molecule is COc1cc(C(=O)Oc2ccccc2/C=C/C(=O)NNC(=O)c2ccc([N+](=O)[O-])cc2)cc(OC)c1OC. The summed E-state index contributed by atoms with van der Waals surface area (Å²) in [5.41, 5.74) is 4.91. The number of benzene rings is 3. The quantitative estimate of drug-likeness (QED) is 0.142. The van der Waals surface area contributed by atoms with E-state index in [4.69, 9.17) is 18.9 Å². The summed E-state index contributed by atoms with van der Waals surface area (Å²) in [4.78, 5) is 47.3. The van der Waals surface area contributed by atoms with Crippen molar-refractivity contribution in [3.63, 3.8) is 0 Å². The van der Waals surface area contributed by atoms with Gasteiger partial charge in [-0.15, -0.1) is 0 Å². The van der Waals surface area contributed by atoms with Crippen LogP contribution < -0.4 is 29.8 Å². The van der Waals surface area contributed by atoms with Crippen molar-refractivity contribution in [1.82, 2.24) is 10.9 Å². The molecule has 196 valence electrons. The van der Waals surface area contributed by atoms with Crippen molar-refractivity contribution in [2.45, 2.75) is 0 Å². The number of ether oxygens (including phenoxy) is 4. The maximum Gasteiger partial charge on any atom is 0.343 e. The third-order valence-corrected chi connectivity index (χ3v) is 5.08. The smallest absolute Gasteiger partial charge is 0.343 e. The zero-order valence-electron chi connectivity index (χ0n) is 20.5. The molecule has 12 heteroatoms. The highest BCUT2D eigenvalue weighted by Gasteiger charge is 2.19. The third-order valence-electron chi connectivity index (χ3n) is 5.08. The van der Waals surface area contributed by atoms with E-state index in [0.717, 1.165) is 6.08 Å². The van der Waals surface area contributed by atoms with Crippen LogP contribution in [0.5, 0.6) is 23.0 Å². The molecule has 0 bridgehead atoms. The van der Waals surface area contributed by atoms with E-state index in [1.165, 1.54) is 63.8 Å². The van der Waals surface area contributed by atoms with Crippen molar-refractivity contribution in [1.29, 1.82) is 0 Å². The van der Waals surface area contributed by atoms with Crippen molar-refractivity contribution in [3.05, 3.63) is 93.5 Å². The number of hydrogen-bond donors (Lipinski definition) is 2. The summed E-state index contributed by atoms with van der Waals surface area (Å²) in [6.07, 6.45) is 2.52. The Morgan fingerprint density at radius 2 is 1.45 bits per heavy atom. The van der Waals surface area contributed by atoms with Gasteiger partial charge in [0.2, 0.25) is 5.75 Å². The molecule has 3 aromatic carbocycles. The largest absolute Gasteiger partial charge is 0.493 e. The van der Waals surface area contributed by atoms with Gasteiger partial charge in [0.15, 0.2) is 11.5 Å². The number of hydrogen-bond acceptors (Lipinski definition) is 9. The Kier molecular flexibility index (Phi) is 8.97. The van der Waals surface area contributed by atoms with Crippen LogP contribution in [0.25, 0.3) is 6.08 Å². The number of methoxy groups -OCH3 is 3. The van der Waals surface area contributed by atoms with Gasteiger partial charge < -0.3 is 18.9 Å². The minimum absolute atomic E-state index is 0.115. The van der Waals surface area contributed by atoms with Gasteiger partial charge in [-0.05, 0) is 36.4 Å². The monoisotopic (exact) mass is 521 g/mol. The number of para-hydroxylation sites is 1. The Bertz CT molecular complexity index is 1360. The van der Waals surface area contributed by atoms with Gasteiger partial charge in [-0.25, -0.2) is 4.79 Å². The molecule has 0 aliphatic carbocycles. The van der Waals surface area contributed by atoms with E-state index in [-0.39, 0.29) is 34.1 Å². The summed E-state index contributed by atoms with van der Waals surface area (Å²) in [6, 6.07) is 14.3. The first-order valence-corrected chi connectivity index (χ1v) is 10.9. The van der Waals surface area contributed by atoms with E-state index < -0.39 is 22.7 Å². The van der Waals surface area contributed by atoms with Gasteiger partial charge in [0.25, 0.3) is 17.5 Å². The van der Waals surface area contributed by atoms with Crippen LogP contribution in [0.2, 0.25) is 0 Å². The number of rotatable bonds is 9. The maximum atomic E-state index is 12.8. The average Bonchev–Trinajstić information content (AvgIpc) is 2.94. The fourth-order valence-corrected chi connectivity index (χ4v) is 3.20. The predicted molar refractivity (Wildman–Crippen MR) is 135 cm³/mol. The highest BCUT2D eigenvalue weighted by Crippen LogP contribution is 2.38. The number of nitro benzene ring substituents is 1. The molecule has 0 atom stereocenters. The van der Waals surface area contributed by atoms with E-state index in [0.29, 0.717) is 11.3 Å². The summed E-state index contributed by atoms with van der Waals surface area (Å²) in [5, 5.41) is 10.7. The number of hydrazine groups is 1. The Morgan fingerprint density at radius 1 is 0.816 bits per heavy atom. The Hall–Kier alpha value is -5.39. The predicted octanol–water partition coefficient (Wildman–Crippen LogP) is 3.31. The molecule has 0 radical (unpaired) electrons. The fraction of sp³-hybridized carbons (Fsp3) is 0.115. The first-order chi connectivity index (χ1) is 18.3. The minimum Gasteiger partial charge on any atom is -0.493 e. The number of amides is 2. The number of nitro groups is 1. The molecule has 0 saturated heterocycles. The minimum atomic E-state index is -0.704. The van der Waals surface area contributed by atoms with Crippen LogP contribution in [0.15, 0.2) is 66.7 Å². The Balaban J connectivity index is 1.67. The lowest BCUT2D eigenvalue weighted by Crippen LogP contribution is -2.40. The van der Waals surface area contributed by atoms with Crippen molar-refractivity contribution in [3.8, 4) is 23.0 Å². The van der Waals surface area contributed by atoms with E-state index in [1.807, 2.05) is 0 Å². The van der Waals surface area contributed by atoms with Crippen molar-refractivity contribution >= 4 is 29.5 Å². The molecule has 0 unspecified atom stereocenters. The molecule has 0 aliphatic heterocycles. The van der Waals surface area contributed by atoms with Crippen molar-refractivity contribution < 1.29 is 38.3 Å². The number of nitrogens with zero attached hydrogens (tertiary/aromatic N) is 1. The molecular weight excluding hydrogens is 498 g/mol. The standard InChI is InChI=1S/C26H23N3O9/c1-35-21-14-18(15-22(36-2)24(21)37-3)26(32)38-20-7-5-4-6-16(20)10-13-23(30)27-28-25(31)17-8-11-19(12-9-17)29(33)34/h4-15H,1-3H3,(H,27,30)(H,28,31)/b13-10+. The van der Waals surface area contributed by atoms with Gasteiger partial charge in [-0.1, -0.05) is 18.2 Å². The maximum absolute atomic E-state index is 12.8. The van der Waals surface area contributed by atoms with Gasteiger partial charge in [0, 0.05) is 29.3 Å². The second-order valence-electron chi connectivity index (χ2n) is 7.42. The lowest BCUT2D eigenvalue weighted by molar-refractivity contribution is -0.384. The van der Waals surface area contributed by atoms with Gasteiger partial charge in [-0.3, -0.25) is 30.6 Å². The highest BCUT2D eigenvalue weighted by molar-refractivity contribution is 5.98. The summed E-state index contributed by atoms with van der Waals surface area (Å²) in [6.45, 7) is 0. The summed E-state index contributed by atoms with van der Waals surface area (Å²) >= 11 is 0. The molecule has 0 fully saturated rings. The molecule has 0 aromatic heterocycles. The molecule has 2 N–H and O–H groups in total. The number of esters is 1. The average molecular weight is 521 g/mol. The summed E-state index contributed by atoms with van der Waals surface area (Å²) < 4.78 is 21.3. The Morgan fingerprint density at radius 3 is 2.03 bits per heavy atom. The zero-order chi connectivity index (χ0) is 27.7. The molecular formula is C26H23N3O9. The third kappa shape index (κ3) is 6.63. The van der Waals surface area contributed by atoms with Crippen LogP contribution >= 0.6 is 0 Å². The molecule has 0 heterocycles. The lowest BCUT2D eigenvalue weighted by Gasteiger charge is -2.14. The second kappa shape index (κ2) is 12.5. The number of non-ortho nitro benzene ring substituents is 1. The molecule has 3 aromatic rings. The molecule has 12 nitrogen and oxygen atoms in total. The van der Waals surface area contributed by atoms with Gasteiger partial charge in [-0.2, -0.15) is 0 Å². The van der Waals surface area contributed by atoms with Crippen molar-refractivity contribution in [2.24, 2.45) is 0 Å². The molecule has 2 amide bonds. The van der Waals surface area contributed by atoms with E-state index >= 15 is 0 Å². The van der Waals surface area contributed by atoms with E-state index in [2.05, 4.69) is 10.9 Å². The van der Waals surface area contributed by atoms with Crippen molar-refractivity contribution in [2.75, 3.05) is 21.3 Å². The topological polar surface area (TPSA) is 155 Å². The first kappa shape index (κ1) is 27.2. The first-order valence-electron chi connectivity index (χ1n) is 10.9. The fourth-order valence-electron chi connectivity index (χ4n) is 3.20. The van der Waals surface area contributed by atoms with Crippen LogP contribution in [-0.2, 0) is 4.79 Å². The van der Waals surface area contributed by atoms with Crippen LogP contribution in [0.3, 0.4) is 0 Å². The second-order valence-corrected chi connectivity index (χ2v) is 7.42. The highest BCUT2D eigenvalue weighted by atomic mass is 16.6. The van der Waals surface area contributed by atoms with E-state index in [1.54, 1.807) is 24.3 Å². The van der Waals surface area contributed by atoms with Gasteiger partial charge in [0.1, 0.15) is 5.75 Å². The summed E-state index contributed by atoms with van der Waals surface area (Å²) in [7, 11) is 4.29. The molecule has 3 rings (SSSR count).